The van der Waals surface area contributed by atoms with E-state index in [1.807, 2.05) is 30.3 Å². The SMILES string of the molecule is CCCCOc1ccc([C@H]2c3c(-c4ccccc4O)n[nH]c3C(=O)N2CCO)cc1. The van der Waals surface area contributed by atoms with E-state index in [0.29, 0.717) is 29.1 Å². The number of nitrogens with zero attached hydrogens (tertiary/aromatic N) is 2. The van der Waals surface area contributed by atoms with Gasteiger partial charge in [0.15, 0.2) is 0 Å². The van der Waals surface area contributed by atoms with Gasteiger partial charge in [-0.15, -0.1) is 0 Å². The Kier molecular flexibility index (Phi) is 5.72. The van der Waals surface area contributed by atoms with Crippen LogP contribution in [-0.2, 0) is 0 Å². The molecule has 2 heterocycles. The summed E-state index contributed by atoms with van der Waals surface area (Å²) in [6, 6.07) is 14.1. The maximum atomic E-state index is 13.0. The number of aromatic amines is 1. The number of aromatic hydroxyl groups is 1. The van der Waals surface area contributed by atoms with Crippen molar-refractivity contribution in [2.75, 3.05) is 19.8 Å². The van der Waals surface area contributed by atoms with E-state index >= 15 is 0 Å². The van der Waals surface area contributed by atoms with Crippen LogP contribution in [0.25, 0.3) is 11.3 Å². The second kappa shape index (κ2) is 8.59. The van der Waals surface area contributed by atoms with Crippen LogP contribution in [-0.4, -0.2) is 51.0 Å². The summed E-state index contributed by atoms with van der Waals surface area (Å²) in [5.41, 5.74) is 3.06. The first kappa shape index (κ1) is 20.0. The molecule has 1 atom stereocenters. The molecule has 0 unspecified atom stereocenters. The monoisotopic (exact) mass is 407 g/mol. The zero-order chi connectivity index (χ0) is 21.1. The summed E-state index contributed by atoms with van der Waals surface area (Å²) in [4.78, 5) is 14.6. The standard InChI is InChI=1S/C23H25N3O4/c1-2-3-14-30-16-10-8-15(9-11-16)22-19-20(17-6-4-5-7-18(17)28)24-25-21(19)23(29)26(22)12-13-27/h4-11,22,27-28H,2-3,12-14H2,1H3,(H,24,25)/t22-/m0/s1. The molecule has 0 saturated heterocycles. The van der Waals surface area contributed by atoms with Crippen molar-refractivity contribution < 1.29 is 19.7 Å². The average Bonchev–Trinajstić information content (AvgIpc) is 3.29. The zero-order valence-corrected chi connectivity index (χ0v) is 16.8. The zero-order valence-electron chi connectivity index (χ0n) is 16.8. The molecule has 0 fully saturated rings. The lowest BCUT2D eigenvalue weighted by molar-refractivity contribution is 0.0706. The summed E-state index contributed by atoms with van der Waals surface area (Å²) in [6.07, 6.45) is 2.06. The Morgan fingerprint density at radius 2 is 1.93 bits per heavy atom. The van der Waals surface area contributed by atoms with Crippen LogP contribution >= 0.6 is 0 Å². The van der Waals surface area contributed by atoms with Gasteiger partial charge in [-0.3, -0.25) is 9.89 Å². The molecule has 3 N–H and O–H groups in total. The number of amides is 1. The summed E-state index contributed by atoms with van der Waals surface area (Å²) >= 11 is 0. The van der Waals surface area contributed by atoms with Gasteiger partial charge in [0.25, 0.3) is 5.91 Å². The number of aliphatic hydroxyl groups is 1. The summed E-state index contributed by atoms with van der Waals surface area (Å²) in [7, 11) is 0. The number of ether oxygens (including phenoxy) is 1. The van der Waals surface area contributed by atoms with Gasteiger partial charge >= 0.3 is 0 Å². The minimum atomic E-state index is -0.419. The highest BCUT2D eigenvalue weighted by molar-refractivity contribution is 6.00. The number of aromatic nitrogens is 2. The van der Waals surface area contributed by atoms with Crippen LogP contribution in [0.2, 0.25) is 0 Å². The van der Waals surface area contributed by atoms with Crippen LogP contribution in [0, 0.1) is 0 Å². The van der Waals surface area contributed by atoms with Crippen molar-refractivity contribution in [2.45, 2.75) is 25.8 Å². The number of aliphatic hydroxyl groups excluding tert-OH is 1. The smallest absolute Gasteiger partial charge is 0.273 e. The summed E-state index contributed by atoms with van der Waals surface area (Å²) in [5.74, 6) is 0.651. The number of benzene rings is 2. The average molecular weight is 407 g/mol. The molecule has 7 nitrogen and oxygen atoms in total. The van der Waals surface area contributed by atoms with E-state index in [4.69, 9.17) is 4.74 Å². The second-order valence-corrected chi connectivity index (χ2v) is 7.27. The molecule has 0 aliphatic carbocycles. The van der Waals surface area contributed by atoms with E-state index < -0.39 is 6.04 Å². The van der Waals surface area contributed by atoms with Crippen LogP contribution in [0.5, 0.6) is 11.5 Å². The fraction of sp³-hybridized carbons (Fsp3) is 0.304. The number of rotatable bonds is 8. The Morgan fingerprint density at radius 1 is 1.17 bits per heavy atom. The van der Waals surface area contributed by atoms with Gasteiger partial charge in [0, 0.05) is 17.7 Å². The van der Waals surface area contributed by atoms with E-state index in [0.717, 1.165) is 24.2 Å². The maximum absolute atomic E-state index is 13.0. The molecule has 0 spiro atoms. The molecule has 3 aromatic rings. The Labute approximate surface area is 174 Å². The number of unbranched alkanes of at least 4 members (excludes halogenated alkanes) is 1. The molecule has 1 amide bonds. The van der Waals surface area contributed by atoms with E-state index in [-0.39, 0.29) is 24.8 Å². The van der Waals surface area contributed by atoms with E-state index in [1.54, 1.807) is 23.1 Å². The van der Waals surface area contributed by atoms with E-state index in [1.165, 1.54) is 0 Å². The Bertz CT molecular complexity index is 1030. The number of phenolic OH excluding ortho intramolecular Hbond substituents is 1. The molecule has 1 aromatic heterocycles. The van der Waals surface area contributed by atoms with Crippen molar-refractivity contribution in [2.24, 2.45) is 0 Å². The van der Waals surface area contributed by atoms with Gasteiger partial charge in [0.1, 0.15) is 22.9 Å². The van der Waals surface area contributed by atoms with Crippen molar-refractivity contribution in [3.63, 3.8) is 0 Å². The predicted molar refractivity (Wildman–Crippen MR) is 112 cm³/mol. The van der Waals surface area contributed by atoms with Crippen LogP contribution in [0.3, 0.4) is 0 Å². The third kappa shape index (κ3) is 3.52. The highest BCUT2D eigenvalue weighted by Crippen LogP contribution is 2.44. The van der Waals surface area contributed by atoms with E-state index in [9.17, 15) is 15.0 Å². The van der Waals surface area contributed by atoms with Gasteiger partial charge in [0.2, 0.25) is 0 Å². The van der Waals surface area contributed by atoms with Gasteiger partial charge in [-0.25, -0.2) is 0 Å². The molecule has 4 rings (SSSR count). The number of phenols is 1. The summed E-state index contributed by atoms with van der Waals surface area (Å²) in [6.45, 7) is 2.83. The molecular formula is C23H25N3O4. The molecule has 7 heteroatoms. The lowest BCUT2D eigenvalue weighted by Crippen LogP contribution is -2.32. The first-order valence-electron chi connectivity index (χ1n) is 10.2. The van der Waals surface area contributed by atoms with Crippen molar-refractivity contribution in [3.8, 4) is 22.8 Å². The molecular weight excluding hydrogens is 382 g/mol. The van der Waals surface area contributed by atoms with Crippen molar-refractivity contribution in [3.05, 3.63) is 65.4 Å². The molecule has 2 aromatic carbocycles. The third-order valence-electron chi connectivity index (χ3n) is 5.33. The number of H-pyrrole nitrogens is 1. The number of nitrogens with one attached hydrogen (secondary N) is 1. The highest BCUT2D eigenvalue weighted by Gasteiger charge is 2.42. The topological polar surface area (TPSA) is 98.7 Å². The fourth-order valence-corrected chi connectivity index (χ4v) is 3.84. The number of β-amino-alcohol motifs (C(OH)–C–C–N with tert-alkyl or cyclic N) is 1. The minimum Gasteiger partial charge on any atom is -0.507 e. The molecule has 0 bridgehead atoms. The van der Waals surface area contributed by atoms with Gasteiger partial charge in [0.05, 0.1) is 19.3 Å². The van der Waals surface area contributed by atoms with Crippen molar-refractivity contribution in [1.82, 2.24) is 15.1 Å². The molecule has 0 radical (unpaired) electrons. The quantitative estimate of drug-likeness (QED) is 0.497. The first-order valence-corrected chi connectivity index (χ1v) is 10.2. The number of fused-ring (bicyclic) bond motifs is 1. The normalized spacial score (nSPS) is 15.5. The van der Waals surface area contributed by atoms with Gasteiger partial charge in [-0.1, -0.05) is 37.6 Å². The number of para-hydroxylation sites is 1. The molecule has 156 valence electrons. The third-order valence-corrected chi connectivity index (χ3v) is 5.33. The van der Waals surface area contributed by atoms with Gasteiger partial charge in [-0.2, -0.15) is 5.10 Å². The van der Waals surface area contributed by atoms with Crippen molar-refractivity contribution in [1.29, 1.82) is 0 Å². The molecule has 30 heavy (non-hydrogen) atoms. The number of hydrogen-bond acceptors (Lipinski definition) is 5. The first-order chi connectivity index (χ1) is 14.7. The lowest BCUT2D eigenvalue weighted by atomic mass is 9.95. The highest BCUT2D eigenvalue weighted by atomic mass is 16.5. The Balaban J connectivity index is 1.75. The molecule has 1 aliphatic heterocycles. The predicted octanol–water partition coefficient (Wildman–Crippen LogP) is 3.50. The van der Waals surface area contributed by atoms with E-state index in [2.05, 4.69) is 17.1 Å². The Hall–Kier alpha value is -3.32. The second-order valence-electron chi connectivity index (χ2n) is 7.27. The Morgan fingerprint density at radius 3 is 2.63 bits per heavy atom. The van der Waals surface area contributed by atoms with Gasteiger partial charge in [-0.05, 0) is 36.2 Å². The number of hydrogen-bond donors (Lipinski definition) is 3. The number of carbonyl (C=O) groups is 1. The number of carbonyl (C=O) groups excluding carboxylic acids is 1. The molecule has 1 aliphatic rings. The van der Waals surface area contributed by atoms with Crippen LogP contribution < -0.4 is 4.74 Å². The largest absolute Gasteiger partial charge is 0.507 e. The minimum absolute atomic E-state index is 0.0956. The van der Waals surface area contributed by atoms with Crippen molar-refractivity contribution >= 4 is 5.91 Å². The van der Waals surface area contributed by atoms with Crippen LogP contribution in [0.4, 0.5) is 0 Å². The summed E-state index contributed by atoms with van der Waals surface area (Å²) < 4.78 is 5.75. The van der Waals surface area contributed by atoms with Gasteiger partial charge < -0.3 is 19.8 Å². The van der Waals surface area contributed by atoms with Crippen LogP contribution in [0.1, 0.15) is 47.4 Å². The lowest BCUT2D eigenvalue weighted by Gasteiger charge is -2.25. The fourth-order valence-electron chi connectivity index (χ4n) is 3.84. The molecule has 0 saturated carbocycles. The summed E-state index contributed by atoms with van der Waals surface area (Å²) in [5, 5.41) is 27.1. The van der Waals surface area contributed by atoms with Crippen LogP contribution in [0.15, 0.2) is 48.5 Å². The maximum Gasteiger partial charge on any atom is 0.273 e.